The van der Waals surface area contributed by atoms with E-state index < -0.39 is 24.0 Å². The van der Waals surface area contributed by atoms with E-state index in [0.29, 0.717) is 13.0 Å². The topological polar surface area (TPSA) is 98.7 Å². The normalized spacial score (nSPS) is 20.4. The molecule has 0 radical (unpaired) electrons. The number of carbonyl (C=O) groups is 3. The SMILES string of the molecule is CC(NC(=O)N1CCC(C(=O)O)C1)C(=O)NC(C)(C)C. The number of hydrogen-bond donors (Lipinski definition) is 3. The van der Waals surface area contributed by atoms with Gasteiger partial charge in [0.25, 0.3) is 0 Å². The number of carbonyl (C=O) groups excluding carboxylic acids is 2. The lowest BCUT2D eigenvalue weighted by molar-refractivity contribution is -0.141. The van der Waals surface area contributed by atoms with Crippen molar-refractivity contribution in [2.45, 2.75) is 45.7 Å². The highest BCUT2D eigenvalue weighted by Crippen LogP contribution is 2.16. The van der Waals surface area contributed by atoms with E-state index in [4.69, 9.17) is 5.11 Å². The van der Waals surface area contributed by atoms with Crippen LogP contribution in [0.15, 0.2) is 0 Å². The number of hydrogen-bond acceptors (Lipinski definition) is 3. The van der Waals surface area contributed by atoms with Crippen LogP contribution in [0.5, 0.6) is 0 Å². The maximum atomic E-state index is 11.9. The van der Waals surface area contributed by atoms with Gasteiger partial charge >= 0.3 is 12.0 Å². The minimum atomic E-state index is -0.890. The monoisotopic (exact) mass is 285 g/mol. The van der Waals surface area contributed by atoms with E-state index in [1.807, 2.05) is 20.8 Å². The number of likely N-dealkylation sites (tertiary alicyclic amines) is 1. The summed E-state index contributed by atoms with van der Waals surface area (Å²) in [5.74, 6) is -1.67. The molecule has 0 aromatic heterocycles. The van der Waals surface area contributed by atoms with Crippen LogP contribution >= 0.6 is 0 Å². The van der Waals surface area contributed by atoms with Crippen molar-refractivity contribution in [3.05, 3.63) is 0 Å². The standard InChI is InChI=1S/C13H23N3O4/c1-8(10(17)15-13(2,3)4)14-12(20)16-6-5-9(7-16)11(18)19/h8-9H,5-7H2,1-4H3,(H,14,20)(H,15,17)(H,18,19). The summed E-state index contributed by atoms with van der Waals surface area (Å²) in [6.07, 6.45) is 0.450. The van der Waals surface area contributed by atoms with Crippen molar-refractivity contribution < 1.29 is 19.5 Å². The second-order valence-electron chi connectivity index (χ2n) is 6.18. The third kappa shape index (κ3) is 4.71. The number of nitrogens with zero attached hydrogens (tertiary/aromatic N) is 1. The Kier molecular flexibility index (Phi) is 4.97. The van der Waals surface area contributed by atoms with Crippen molar-refractivity contribution >= 4 is 17.9 Å². The molecule has 1 heterocycles. The molecule has 1 saturated heterocycles. The van der Waals surface area contributed by atoms with Crippen molar-refractivity contribution in [1.29, 1.82) is 0 Å². The van der Waals surface area contributed by atoms with Crippen molar-refractivity contribution in [2.75, 3.05) is 13.1 Å². The predicted molar refractivity (Wildman–Crippen MR) is 73.2 cm³/mol. The smallest absolute Gasteiger partial charge is 0.318 e. The van der Waals surface area contributed by atoms with Crippen molar-refractivity contribution in [3.8, 4) is 0 Å². The van der Waals surface area contributed by atoms with Crippen molar-refractivity contribution in [2.24, 2.45) is 5.92 Å². The summed E-state index contributed by atoms with van der Waals surface area (Å²) in [6, 6.07) is -1.06. The number of aliphatic carboxylic acids is 1. The van der Waals surface area contributed by atoms with E-state index in [2.05, 4.69) is 10.6 Å². The van der Waals surface area contributed by atoms with Crippen LogP contribution in [-0.4, -0.2) is 52.6 Å². The molecule has 0 aliphatic carbocycles. The first-order chi connectivity index (χ1) is 9.10. The van der Waals surface area contributed by atoms with Gasteiger partial charge in [0.2, 0.25) is 5.91 Å². The summed E-state index contributed by atoms with van der Waals surface area (Å²) >= 11 is 0. The van der Waals surface area contributed by atoms with Crippen LogP contribution in [0.3, 0.4) is 0 Å². The lowest BCUT2D eigenvalue weighted by Crippen LogP contribution is -2.53. The van der Waals surface area contributed by atoms with Crippen LogP contribution in [0.1, 0.15) is 34.1 Å². The van der Waals surface area contributed by atoms with Crippen LogP contribution in [-0.2, 0) is 9.59 Å². The molecule has 7 nitrogen and oxygen atoms in total. The summed E-state index contributed by atoms with van der Waals surface area (Å²) in [6.45, 7) is 7.76. The zero-order chi connectivity index (χ0) is 15.5. The molecule has 2 unspecified atom stereocenters. The Balaban J connectivity index is 2.46. The third-order valence-electron chi connectivity index (χ3n) is 3.06. The maximum Gasteiger partial charge on any atom is 0.318 e. The molecule has 1 aliphatic rings. The molecule has 2 atom stereocenters. The summed E-state index contributed by atoms with van der Waals surface area (Å²) in [4.78, 5) is 36.0. The van der Waals surface area contributed by atoms with Gasteiger partial charge in [-0.3, -0.25) is 9.59 Å². The fourth-order valence-corrected chi connectivity index (χ4v) is 1.97. The average molecular weight is 285 g/mol. The average Bonchev–Trinajstić information content (AvgIpc) is 2.75. The number of carboxylic acid groups (broad SMARTS) is 1. The lowest BCUT2D eigenvalue weighted by atomic mass is 10.1. The lowest BCUT2D eigenvalue weighted by Gasteiger charge is -2.25. The first kappa shape index (κ1) is 16.3. The number of urea groups is 1. The fourth-order valence-electron chi connectivity index (χ4n) is 1.97. The van der Waals surface area contributed by atoms with E-state index in [9.17, 15) is 14.4 Å². The molecule has 0 spiro atoms. The van der Waals surface area contributed by atoms with Gasteiger partial charge in [0.05, 0.1) is 5.92 Å². The quantitative estimate of drug-likeness (QED) is 0.699. The van der Waals surface area contributed by atoms with E-state index in [1.165, 1.54) is 4.90 Å². The Morgan fingerprint density at radius 1 is 1.30 bits per heavy atom. The number of amides is 3. The number of rotatable bonds is 3. The van der Waals surface area contributed by atoms with Crippen molar-refractivity contribution in [1.82, 2.24) is 15.5 Å². The van der Waals surface area contributed by atoms with E-state index in [1.54, 1.807) is 6.92 Å². The number of carboxylic acids is 1. The zero-order valence-electron chi connectivity index (χ0n) is 12.4. The molecule has 1 fully saturated rings. The van der Waals surface area contributed by atoms with Crippen LogP contribution < -0.4 is 10.6 Å². The van der Waals surface area contributed by atoms with Gasteiger partial charge in [0.15, 0.2) is 0 Å². The molecule has 0 aromatic rings. The zero-order valence-corrected chi connectivity index (χ0v) is 12.4. The van der Waals surface area contributed by atoms with E-state index in [-0.39, 0.29) is 18.0 Å². The summed E-state index contributed by atoms with van der Waals surface area (Å²) in [7, 11) is 0. The molecule has 1 rings (SSSR count). The number of nitrogens with one attached hydrogen (secondary N) is 2. The molecule has 7 heteroatoms. The van der Waals surface area contributed by atoms with E-state index >= 15 is 0 Å². The Labute approximate surface area is 118 Å². The van der Waals surface area contributed by atoms with Crippen molar-refractivity contribution in [3.63, 3.8) is 0 Å². The van der Waals surface area contributed by atoms with Gasteiger partial charge in [-0.15, -0.1) is 0 Å². The van der Waals surface area contributed by atoms with Crippen LogP contribution in [0.4, 0.5) is 4.79 Å². The predicted octanol–water partition coefficient (Wildman–Crippen LogP) is 0.406. The van der Waals surface area contributed by atoms with Gasteiger partial charge in [-0.1, -0.05) is 0 Å². The Hall–Kier alpha value is -1.79. The van der Waals surface area contributed by atoms with Crippen LogP contribution in [0.2, 0.25) is 0 Å². The summed E-state index contributed by atoms with van der Waals surface area (Å²) < 4.78 is 0. The Morgan fingerprint density at radius 3 is 2.35 bits per heavy atom. The molecular formula is C13H23N3O4. The van der Waals surface area contributed by atoms with Gasteiger partial charge in [-0.25, -0.2) is 4.79 Å². The van der Waals surface area contributed by atoms with Gasteiger partial charge in [-0.2, -0.15) is 0 Å². The molecule has 1 aliphatic heterocycles. The van der Waals surface area contributed by atoms with Gasteiger partial charge < -0.3 is 20.6 Å². The molecule has 3 amide bonds. The molecule has 20 heavy (non-hydrogen) atoms. The van der Waals surface area contributed by atoms with Crippen LogP contribution in [0.25, 0.3) is 0 Å². The molecule has 3 N–H and O–H groups in total. The van der Waals surface area contributed by atoms with Gasteiger partial charge in [-0.05, 0) is 34.1 Å². The van der Waals surface area contributed by atoms with Gasteiger partial charge in [0, 0.05) is 18.6 Å². The maximum absolute atomic E-state index is 11.9. The minimum Gasteiger partial charge on any atom is -0.481 e. The summed E-state index contributed by atoms with van der Waals surface area (Å²) in [5.41, 5.74) is -0.363. The van der Waals surface area contributed by atoms with E-state index in [0.717, 1.165) is 0 Å². The highest BCUT2D eigenvalue weighted by molar-refractivity contribution is 5.87. The Bertz CT molecular complexity index is 403. The van der Waals surface area contributed by atoms with Crippen LogP contribution in [0, 0.1) is 5.92 Å². The molecule has 0 bridgehead atoms. The highest BCUT2D eigenvalue weighted by atomic mass is 16.4. The molecule has 0 saturated carbocycles. The summed E-state index contributed by atoms with van der Waals surface area (Å²) in [5, 5.41) is 14.2. The fraction of sp³-hybridized carbons (Fsp3) is 0.769. The second-order valence-corrected chi connectivity index (χ2v) is 6.18. The first-order valence-corrected chi connectivity index (χ1v) is 6.70. The molecule has 114 valence electrons. The minimum absolute atomic E-state index is 0.189. The highest BCUT2D eigenvalue weighted by Gasteiger charge is 2.32. The third-order valence-corrected chi connectivity index (χ3v) is 3.06. The largest absolute Gasteiger partial charge is 0.481 e. The molecule has 0 aromatic carbocycles. The molecular weight excluding hydrogens is 262 g/mol. The first-order valence-electron chi connectivity index (χ1n) is 6.70. The second kappa shape index (κ2) is 6.11. The van der Waals surface area contributed by atoms with Gasteiger partial charge in [0.1, 0.15) is 6.04 Å². The Morgan fingerprint density at radius 2 is 1.90 bits per heavy atom.